The lowest BCUT2D eigenvalue weighted by atomic mass is 10.3. The molecule has 0 radical (unpaired) electrons. The van der Waals surface area contributed by atoms with Crippen LogP contribution in [0, 0.1) is 5.92 Å². The Morgan fingerprint density at radius 3 is 2.72 bits per heavy atom. The Balaban J connectivity index is 1.85. The van der Waals surface area contributed by atoms with Gasteiger partial charge in [-0.1, -0.05) is 0 Å². The molecule has 1 heterocycles. The van der Waals surface area contributed by atoms with Crippen LogP contribution in [0.1, 0.15) is 32.6 Å². The Kier molecular flexibility index (Phi) is 3.41. The van der Waals surface area contributed by atoms with Crippen molar-refractivity contribution >= 4 is 27.6 Å². The lowest BCUT2D eigenvalue weighted by Crippen LogP contribution is -2.29. The van der Waals surface area contributed by atoms with E-state index in [0.29, 0.717) is 6.04 Å². The molecule has 1 aromatic heterocycles. The van der Waals surface area contributed by atoms with E-state index in [9.17, 15) is 0 Å². The average molecular weight is 311 g/mol. The second-order valence-electron chi connectivity index (χ2n) is 5.22. The Morgan fingerprint density at radius 2 is 2.11 bits per heavy atom. The first-order valence-corrected chi connectivity index (χ1v) is 7.60. The molecule has 5 heteroatoms. The van der Waals surface area contributed by atoms with Crippen molar-refractivity contribution in [3.05, 3.63) is 10.8 Å². The summed E-state index contributed by atoms with van der Waals surface area (Å²) in [6, 6.07) is 0.700. The van der Waals surface area contributed by atoms with E-state index in [1.807, 2.05) is 0 Å². The van der Waals surface area contributed by atoms with Gasteiger partial charge in [0.05, 0.1) is 0 Å². The molecule has 0 saturated heterocycles. The highest BCUT2D eigenvalue weighted by atomic mass is 79.9. The Morgan fingerprint density at radius 1 is 1.33 bits per heavy atom. The molecule has 1 N–H and O–H groups in total. The van der Waals surface area contributed by atoms with Gasteiger partial charge in [0.25, 0.3) is 0 Å². The number of aromatic nitrogens is 2. The van der Waals surface area contributed by atoms with E-state index in [4.69, 9.17) is 0 Å². The van der Waals surface area contributed by atoms with E-state index in [2.05, 4.69) is 43.0 Å². The van der Waals surface area contributed by atoms with E-state index in [1.165, 1.54) is 25.7 Å². The normalized spacial score (nSPS) is 18.8. The van der Waals surface area contributed by atoms with Crippen molar-refractivity contribution in [2.75, 3.05) is 23.3 Å². The molecule has 2 fully saturated rings. The topological polar surface area (TPSA) is 41.1 Å². The first-order chi connectivity index (χ1) is 8.79. The zero-order valence-corrected chi connectivity index (χ0v) is 12.3. The molecule has 0 aliphatic heterocycles. The highest BCUT2D eigenvalue weighted by molar-refractivity contribution is 9.10. The fourth-order valence-corrected chi connectivity index (χ4v) is 2.80. The van der Waals surface area contributed by atoms with Crippen LogP contribution in [-0.2, 0) is 0 Å². The summed E-state index contributed by atoms with van der Waals surface area (Å²) in [6.07, 6.45) is 7.04. The quantitative estimate of drug-likeness (QED) is 0.877. The van der Waals surface area contributed by atoms with Crippen LogP contribution in [0.3, 0.4) is 0 Å². The summed E-state index contributed by atoms with van der Waals surface area (Å²) >= 11 is 3.66. The van der Waals surface area contributed by atoms with Crippen LogP contribution < -0.4 is 10.2 Å². The first-order valence-electron chi connectivity index (χ1n) is 6.80. The SMILES string of the molecule is CCNc1ncnc(N(CC2CC2)C2CC2)c1Br. The van der Waals surface area contributed by atoms with E-state index < -0.39 is 0 Å². The Hall–Kier alpha value is -0.840. The average Bonchev–Trinajstić information content (AvgIpc) is 3.24. The fourth-order valence-electron chi connectivity index (χ4n) is 2.22. The second kappa shape index (κ2) is 5.03. The monoisotopic (exact) mass is 310 g/mol. The highest BCUT2D eigenvalue weighted by Crippen LogP contribution is 2.40. The number of halogens is 1. The molecular weight excluding hydrogens is 292 g/mol. The van der Waals surface area contributed by atoms with Gasteiger partial charge in [-0.15, -0.1) is 0 Å². The maximum Gasteiger partial charge on any atom is 0.148 e. The van der Waals surface area contributed by atoms with Crippen LogP contribution in [0.25, 0.3) is 0 Å². The van der Waals surface area contributed by atoms with Crippen LogP contribution in [0.4, 0.5) is 11.6 Å². The molecule has 2 aliphatic carbocycles. The molecular formula is C13H19BrN4. The molecule has 0 atom stereocenters. The Labute approximate surface area is 116 Å². The molecule has 0 amide bonds. The smallest absolute Gasteiger partial charge is 0.148 e. The standard InChI is InChI=1S/C13H19BrN4/c1-2-15-12-11(14)13(17-8-16-12)18(10-5-6-10)7-9-3-4-9/h8-10H,2-7H2,1H3,(H,15,16,17). The summed E-state index contributed by atoms with van der Waals surface area (Å²) in [5.41, 5.74) is 0. The van der Waals surface area contributed by atoms with Crippen LogP contribution in [0.2, 0.25) is 0 Å². The molecule has 2 aliphatic rings. The minimum absolute atomic E-state index is 0.700. The van der Waals surface area contributed by atoms with Gasteiger partial charge < -0.3 is 10.2 Å². The fraction of sp³-hybridized carbons (Fsp3) is 0.692. The predicted octanol–water partition coefficient (Wildman–Crippen LogP) is 3.05. The third-order valence-corrected chi connectivity index (χ3v) is 4.26. The van der Waals surface area contributed by atoms with Crippen molar-refractivity contribution in [3.8, 4) is 0 Å². The van der Waals surface area contributed by atoms with Crippen molar-refractivity contribution in [3.63, 3.8) is 0 Å². The lowest BCUT2D eigenvalue weighted by molar-refractivity contribution is 0.706. The number of hydrogen-bond donors (Lipinski definition) is 1. The predicted molar refractivity (Wildman–Crippen MR) is 77.0 cm³/mol. The summed E-state index contributed by atoms with van der Waals surface area (Å²) in [5.74, 6) is 2.86. The van der Waals surface area contributed by atoms with Gasteiger partial charge >= 0.3 is 0 Å². The van der Waals surface area contributed by atoms with E-state index in [0.717, 1.165) is 35.1 Å². The maximum absolute atomic E-state index is 4.49. The maximum atomic E-state index is 4.49. The minimum atomic E-state index is 0.700. The number of rotatable bonds is 6. The largest absolute Gasteiger partial charge is 0.369 e. The summed E-state index contributed by atoms with van der Waals surface area (Å²) in [7, 11) is 0. The summed E-state index contributed by atoms with van der Waals surface area (Å²) in [6.45, 7) is 4.12. The molecule has 0 unspecified atom stereocenters. The van der Waals surface area contributed by atoms with Gasteiger partial charge in [0.15, 0.2) is 0 Å². The highest BCUT2D eigenvalue weighted by Gasteiger charge is 2.35. The van der Waals surface area contributed by atoms with E-state index >= 15 is 0 Å². The van der Waals surface area contributed by atoms with Gasteiger partial charge in [-0.25, -0.2) is 9.97 Å². The van der Waals surface area contributed by atoms with Crippen molar-refractivity contribution < 1.29 is 0 Å². The van der Waals surface area contributed by atoms with Gasteiger partial charge in [-0.05, 0) is 54.5 Å². The second-order valence-corrected chi connectivity index (χ2v) is 6.01. The molecule has 98 valence electrons. The molecule has 18 heavy (non-hydrogen) atoms. The van der Waals surface area contributed by atoms with Gasteiger partial charge in [0.1, 0.15) is 22.4 Å². The number of nitrogens with one attached hydrogen (secondary N) is 1. The molecule has 0 spiro atoms. The van der Waals surface area contributed by atoms with Gasteiger partial charge in [-0.2, -0.15) is 0 Å². The number of hydrogen-bond acceptors (Lipinski definition) is 4. The first kappa shape index (κ1) is 12.2. The van der Waals surface area contributed by atoms with Gasteiger partial charge in [-0.3, -0.25) is 0 Å². The third-order valence-electron chi connectivity index (χ3n) is 3.53. The minimum Gasteiger partial charge on any atom is -0.369 e. The molecule has 4 nitrogen and oxygen atoms in total. The molecule has 1 aromatic rings. The van der Waals surface area contributed by atoms with Crippen molar-refractivity contribution in [2.24, 2.45) is 5.92 Å². The van der Waals surface area contributed by atoms with Gasteiger partial charge in [0, 0.05) is 19.1 Å². The molecule has 2 saturated carbocycles. The molecule has 3 rings (SSSR count). The van der Waals surface area contributed by atoms with E-state index in [-0.39, 0.29) is 0 Å². The molecule has 0 aromatic carbocycles. The van der Waals surface area contributed by atoms with Gasteiger partial charge in [0.2, 0.25) is 0 Å². The van der Waals surface area contributed by atoms with Crippen LogP contribution >= 0.6 is 15.9 Å². The lowest BCUT2D eigenvalue weighted by Gasteiger charge is -2.25. The van der Waals surface area contributed by atoms with Crippen LogP contribution in [-0.4, -0.2) is 29.1 Å². The summed E-state index contributed by atoms with van der Waals surface area (Å²) in [5, 5.41) is 3.27. The van der Waals surface area contributed by atoms with Crippen molar-refractivity contribution in [2.45, 2.75) is 38.6 Å². The Bertz CT molecular complexity index is 429. The molecule has 0 bridgehead atoms. The van der Waals surface area contributed by atoms with E-state index in [1.54, 1.807) is 6.33 Å². The number of nitrogens with zero attached hydrogens (tertiary/aromatic N) is 3. The van der Waals surface area contributed by atoms with Crippen LogP contribution in [0.5, 0.6) is 0 Å². The summed E-state index contributed by atoms with van der Waals surface area (Å²) in [4.78, 5) is 11.3. The third kappa shape index (κ3) is 2.60. The van der Waals surface area contributed by atoms with Crippen molar-refractivity contribution in [1.82, 2.24) is 9.97 Å². The zero-order chi connectivity index (χ0) is 12.5. The zero-order valence-electron chi connectivity index (χ0n) is 10.7. The number of anilines is 2. The summed E-state index contributed by atoms with van der Waals surface area (Å²) < 4.78 is 1.01. The van der Waals surface area contributed by atoms with Crippen LogP contribution in [0.15, 0.2) is 10.8 Å². The van der Waals surface area contributed by atoms with Crippen molar-refractivity contribution in [1.29, 1.82) is 0 Å².